The van der Waals surface area contributed by atoms with Gasteiger partial charge >= 0.3 is 0 Å². The Balaban J connectivity index is 2.64. The van der Waals surface area contributed by atoms with Crippen LogP contribution in [0.4, 0.5) is 6.01 Å². The van der Waals surface area contributed by atoms with Gasteiger partial charge in [-0.1, -0.05) is 25.4 Å². The van der Waals surface area contributed by atoms with Crippen LogP contribution in [0.15, 0.2) is 22.6 Å². The van der Waals surface area contributed by atoms with Crippen molar-refractivity contribution < 1.29 is 9.15 Å². The maximum absolute atomic E-state index is 6.02. The van der Waals surface area contributed by atoms with E-state index in [4.69, 9.17) is 26.5 Å². The number of aromatic nitrogens is 1. The van der Waals surface area contributed by atoms with E-state index in [0.29, 0.717) is 16.5 Å². The summed E-state index contributed by atoms with van der Waals surface area (Å²) in [5.74, 6) is 1.59. The van der Waals surface area contributed by atoms with Crippen LogP contribution < -0.4 is 10.5 Å². The van der Waals surface area contributed by atoms with E-state index in [2.05, 4.69) is 4.98 Å². The molecule has 4 nitrogen and oxygen atoms in total. The molecule has 1 aromatic heterocycles. The van der Waals surface area contributed by atoms with Crippen LogP contribution in [-0.4, -0.2) is 12.1 Å². The molecule has 2 N–H and O–H groups in total. The fraction of sp³-hybridized carbons (Fsp3) is 0.308. The lowest BCUT2D eigenvalue weighted by Gasteiger charge is -2.09. The van der Waals surface area contributed by atoms with Gasteiger partial charge in [-0.25, -0.2) is 0 Å². The van der Waals surface area contributed by atoms with Gasteiger partial charge in [-0.05, 0) is 18.2 Å². The monoisotopic (exact) mass is 266 g/mol. The van der Waals surface area contributed by atoms with Crippen LogP contribution >= 0.6 is 11.6 Å². The Kier molecular flexibility index (Phi) is 3.48. The standard InChI is InChI=1S/C13H15ClN2O2/c1-7(2)12-11(16-13(15)18-12)9-6-8(14)4-5-10(9)17-3/h4-7H,1-3H3,(H2,15,16). The Morgan fingerprint density at radius 2 is 2.11 bits per heavy atom. The van der Waals surface area contributed by atoms with Gasteiger partial charge < -0.3 is 14.9 Å². The molecule has 0 aliphatic heterocycles. The highest BCUT2D eigenvalue weighted by Gasteiger charge is 2.19. The van der Waals surface area contributed by atoms with Crippen LogP contribution in [-0.2, 0) is 0 Å². The molecule has 96 valence electrons. The molecule has 2 aromatic rings. The van der Waals surface area contributed by atoms with Crippen molar-refractivity contribution in [1.29, 1.82) is 0 Å². The van der Waals surface area contributed by atoms with Gasteiger partial charge in [-0.2, -0.15) is 4.98 Å². The number of halogens is 1. The summed E-state index contributed by atoms with van der Waals surface area (Å²) in [5, 5.41) is 0.613. The molecule has 1 heterocycles. The molecule has 0 unspecified atom stereocenters. The molecule has 0 fully saturated rings. The summed E-state index contributed by atoms with van der Waals surface area (Å²) in [7, 11) is 1.60. The third-order valence-electron chi connectivity index (χ3n) is 2.61. The van der Waals surface area contributed by atoms with Gasteiger partial charge in [0.25, 0.3) is 6.01 Å². The van der Waals surface area contributed by atoms with Crippen LogP contribution in [0.3, 0.4) is 0 Å². The second-order valence-corrected chi connectivity index (χ2v) is 4.70. The molecule has 1 aromatic carbocycles. The van der Waals surface area contributed by atoms with Crippen molar-refractivity contribution in [2.75, 3.05) is 12.8 Å². The first-order chi connectivity index (χ1) is 8.52. The lowest BCUT2D eigenvalue weighted by molar-refractivity contribution is 0.416. The third-order valence-corrected chi connectivity index (χ3v) is 2.85. The molecule has 2 rings (SSSR count). The van der Waals surface area contributed by atoms with E-state index >= 15 is 0 Å². The van der Waals surface area contributed by atoms with Crippen molar-refractivity contribution >= 4 is 17.6 Å². The van der Waals surface area contributed by atoms with E-state index in [1.165, 1.54) is 0 Å². The predicted octanol–water partition coefficient (Wildman–Crippen LogP) is 3.71. The second kappa shape index (κ2) is 4.90. The molecule has 0 atom stereocenters. The third kappa shape index (κ3) is 2.29. The largest absolute Gasteiger partial charge is 0.496 e. The normalized spacial score (nSPS) is 10.9. The van der Waals surface area contributed by atoms with Crippen molar-refractivity contribution in [2.24, 2.45) is 0 Å². The minimum Gasteiger partial charge on any atom is -0.496 e. The van der Waals surface area contributed by atoms with Crippen molar-refractivity contribution in [3.63, 3.8) is 0 Å². The van der Waals surface area contributed by atoms with Gasteiger partial charge in [0.1, 0.15) is 17.2 Å². The maximum atomic E-state index is 6.02. The topological polar surface area (TPSA) is 61.3 Å². The average Bonchev–Trinajstić information content (AvgIpc) is 2.71. The van der Waals surface area contributed by atoms with E-state index in [-0.39, 0.29) is 11.9 Å². The first-order valence-corrected chi connectivity index (χ1v) is 6.00. The number of nitrogens with two attached hydrogens (primary N) is 1. The lowest BCUT2D eigenvalue weighted by Crippen LogP contribution is -1.93. The zero-order chi connectivity index (χ0) is 13.3. The number of nitrogen functional groups attached to an aromatic ring is 1. The number of methoxy groups -OCH3 is 1. The van der Waals surface area contributed by atoms with Gasteiger partial charge in [0, 0.05) is 16.5 Å². The summed E-state index contributed by atoms with van der Waals surface area (Å²) in [6, 6.07) is 5.51. The summed E-state index contributed by atoms with van der Waals surface area (Å²) >= 11 is 6.02. The number of nitrogens with zero attached hydrogens (tertiary/aromatic N) is 1. The van der Waals surface area contributed by atoms with Crippen LogP contribution in [0.2, 0.25) is 5.02 Å². The van der Waals surface area contributed by atoms with E-state index < -0.39 is 0 Å². The van der Waals surface area contributed by atoms with Crippen LogP contribution in [0.25, 0.3) is 11.3 Å². The van der Waals surface area contributed by atoms with Crippen molar-refractivity contribution in [3.8, 4) is 17.0 Å². The van der Waals surface area contributed by atoms with Crippen LogP contribution in [0.5, 0.6) is 5.75 Å². The van der Waals surface area contributed by atoms with E-state index in [1.54, 1.807) is 25.3 Å². The number of benzene rings is 1. The fourth-order valence-electron chi connectivity index (χ4n) is 1.80. The molecule has 0 bridgehead atoms. The SMILES string of the molecule is COc1ccc(Cl)cc1-c1nc(N)oc1C(C)C. The summed E-state index contributed by atoms with van der Waals surface area (Å²) < 4.78 is 10.8. The van der Waals surface area contributed by atoms with E-state index in [0.717, 1.165) is 11.3 Å². The molecular weight excluding hydrogens is 252 g/mol. The first-order valence-electron chi connectivity index (χ1n) is 5.63. The van der Waals surface area contributed by atoms with Gasteiger partial charge in [0.15, 0.2) is 0 Å². The smallest absolute Gasteiger partial charge is 0.292 e. The molecule has 0 saturated heterocycles. The van der Waals surface area contributed by atoms with Crippen molar-refractivity contribution in [1.82, 2.24) is 4.98 Å². The van der Waals surface area contributed by atoms with Gasteiger partial charge in [0.2, 0.25) is 0 Å². The Hall–Kier alpha value is -1.68. The van der Waals surface area contributed by atoms with Crippen molar-refractivity contribution in [3.05, 3.63) is 29.0 Å². The maximum Gasteiger partial charge on any atom is 0.292 e. The molecule has 0 radical (unpaired) electrons. The molecule has 5 heteroatoms. The van der Waals surface area contributed by atoms with Gasteiger partial charge in [0.05, 0.1) is 7.11 Å². The van der Waals surface area contributed by atoms with Crippen LogP contribution in [0, 0.1) is 0 Å². The highest BCUT2D eigenvalue weighted by Crippen LogP contribution is 2.37. The number of anilines is 1. The van der Waals surface area contributed by atoms with Gasteiger partial charge in [-0.15, -0.1) is 0 Å². The Bertz CT molecular complexity index is 564. The van der Waals surface area contributed by atoms with Crippen molar-refractivity contribution in [2.45, 2.75) is 19.8 Å². The zero-order valence-electron chi connectivity index (χ0n) is 10.5. The zero-order valence-corrected chi connectivity index (χ0v) is 11.3. The molecule has 18 heavy (non-hydrogen) atoms. The van der Waals surface area contributed by atoms with E-state index in [1.807, 2.05) is 13.8 Å². The minimum absolute atomic E-state index is 0.149. The number of hydrogen-bond acceptors (Lipinski definition) is 4. The molecular formula is C13H15ClN2O2. The predicted molar refractivity (Wildman–Crippen MR) is 72.0 cm³/mol. The lowest BCUT2D eigenvalue weighted by atomic mass is 10.0. The highest BCUT2D eigenvalue weighted by atomic mass is 35.5. The Morgan fingerprint density at radius 3 is 2.72 bits per heavy atom. The first kappa shape index (κ1) is 12.8. The molecule has 0 amide bonds. The average molecular weight is 267 g/mol. The van der Waals surface area contributed by atoms with Crippen LogP contribution in [0.1, 0.15) is 25.5 Å². The highest BCUT2D eigenvalue weighted by molar-refractivity contribution is 6.31. The number of hydrogen-bond donors (Lipinski definition) is 1. The van der Waals surface area contributed by atoms with Gasteiger partial charge in [-0.3, -0.25) is 0 Å². The number of ether oxygens (including phenoxy) is 1. The number of oxazole rings is 1. The molecule has 0 spiro atoms. The molecule has 0 aliphatic rings. The molecule has 0 aliphatic carbocycles. The number of rotatable bonds is 3. The minimum atomic E-state index is 0.149. The Morgan fingerprint density at radius 1 is 1.39 bits per heavy atom. The Labute approximate surface area is 111 Å². The fourth-order valence-corrected chi connectivity index (χ4v) is 1.97. The summed E-state index contributed by atoms with van der Waals surface area (Å²) in [6.45, 7) is 4.03. The summed E-state index contributed by atoms with van der Waals surface area (Å²) in [6.07, 6.45) is 0. The summed E-state index contributed by atoms with van der Waals surface area (Å²) in [4.78, 5) is 4.22. The van der Waals surface area contributed by atoms with E-state index in [9.17, 15) is 0 Å². The second-order valence-electron chi connectivity index (χ2n) is 4.26. The summed E-state index contributed by atoms with van der Waals surface area (Å²) in [5.41, 5.74) is 7.10. The quantitative estimate of drug-likeness (QED) is 0.920. The molecule has 0 saturated carbocycles.